The van der Waals surface area contributed by atoms with Crippen LogP contribution in [-0.4, -0.2) is 53.1 Å². The molecule has 37 heavy (non-hydrogen) atoms. The summed E-state index contributed by atoms with van der Waals surface area (Å²) in [5.74, 6) is 1.28. The number of fused-ring (bicyclic) bond motifs is 2. The topological polar surface area (TPSA) is 58.5 Å². The van der Waals surface area contributed by atoms with Crippen LogP contribution in [-0.2, 0) is 0 Å². The molecule has 0 radical (unpaired) electrons. The van der Waals surface area contributed by atoms with Gasteiger partial charge in [0.1, 0.15) is 0 Å². The van der Waals surface area contributed by atoms with Gasteiger partial charge in [-0.25, -0.2) is 0 Å². The molecule has 4 aromatic carbocycles. The maximum atomic E-state index is 6.13. The Kier molecular flexibility index (Phi) is 5.95. The number of hydrogen-bond donors (Lipinski definition) is 0. The maximum absolute atomic E-state index is 6.13. The molecular weight excluding hydrogens is 527 g/mol. The van der Waals surface area contributed by atoms with Gasteiger partial charge in [0.2, 0.25) is 0 Å². The first-order valence-corrected chi connectivity index (χ1v) is 13.7. The van der Waals surface area contributed by atoms with Crippen LogP contribution in [0.1, 0.15) is 0 Å². The third-order valence-corrected chi connectivity index (χ3v) is 8.27. The Balaban J connectivity index is 1.23. The van der Waals surface area contributed by atoms with Gasteiger partial charge in [0.15, 0.2) is 0 Å². The number of nitrogens with zero attached hydrogens (tertiary/aromatic N) is 4. The Hall–Kier alpha value is -4.06. The van der Waals surface area contributed by atoms with Crippen LogP contribution in [0.5, 0.6) is 0 Å². The quantitative estimate of drug-likeness (QED) is 0.268. The first-order valence-electron chi connectivity index (χ1n) is 12.0. The number of rotatable bonds is 6. The Labute approximate surface area is 221 Å². The standard InChI is InChI=1S/C30H26N4O2Se/c1-33(2)21-9-5-19(6-10-21)29-31-25-15-13-23(17-27(25)35-29)37-24-14-16-26-28(18-24)36-30(32-26)20-7-11-22(12-8-20)34(3)4/h5-18H,1-4H3. The van der Waals surface area contributed by atoms with Crippen molar-refractivity contribution in [2.75, 3.05) is 38.0 Å². The van der Waals surface area contributed by atoms with Crippen molar-refractivity contribution in [3.05, 3.63) is 84.9 Å². The summed E-state index contributed by atoms with van der Waals surface area (Å²) in [5, 5.41) is 0. The van der Waals surface area contributed by atoms with Gasteiger partial charge in [0, 0.05) is 0 Å². The van der Waals surface area contributed by atoms with Crippen LogP contribution in [0.2, 0.25) is 0 Å². The van der Waals surface area contributed by atoms with Gasteiger partial charge < -0.3 is 0 Å². The molecule has 0 atom stereocenters. The van der Waals surface area contributed by atoms with Crippen LogP contribution in [0.3, 0.4) is 0 Å². The minimum atomic E-state index is 0.0863. The van der Waals surface area contributed by atoms with E-state index in [2.05, 4.69) is 58.3 Å². The average molecular weight is 554 g/mol. The molecule has 0 spiro atoms. The number of oxazole rings is 2. The molecule has 0 aliphatic carbocycles. The van der Waals surface area contributed by atoms with E-state index >= 15 is 0 Å². The molecule has 184 valence electrons. The van der Waals surface area contributed by atoms with E-state index < -0.39 is 0 Å². The summed E-state index contributed by atoms with van der Waals surface area (Å²) in [4.78, 5) is 13.5. The fourth-order valence-electron chi connectivity index (χ4n) is 4.12. The van der Waals surface area contributed by atoms with Crippen molar-refractivity contribution in [1.29, 1.82) is 0 Å². The van der Waals surface area contributed by atoms with Gasteiger partial charge in [0.05, 0.1) is 0 Å². The summed E-state index contributed by atoms with van der Waals surface area (Å²) >= 11 is 0.0863. The van der Waals surface area contributed by atoms with E-state index in [1.165, 1.54) is 8.92 Å². The molecule has 0 bridgehead atoms. The Bertz CT molecular complexity index is 1570. The van der Waals surface area contributed by atoms with Crippen molar-refractivity contribution >= 4 is 57.5 Å². The fourth-order valence-corrected chi connectivity index (χ4v) is 5.96. The van der Waals surface area contributed by atoms with Crippen molar-refractivity contribution < 1.29 is 8.83 Å². The molecule has 0 saturated heterocycles. The second-order valence-electron chi connectivity index (χ2n) is 9.28. The van der Waals surface area contributed by atoms with Crippen molar-refractivity contribution in [2.45, 2.75) is 0 Å². The normalized spacial score (nSPS) is 11.4. The fraction of sp³-hybridized carbons (Fsp3) is 0.133. The summed E-state index contributed by atoms with van der Waals surface area (Å²) in [5.41, 5.74) is 7.55. The third kappa shape index (κ3) is 4.71. The Morgan fingerprint density at radius 1 is 0.541 bits per heavy atom. The van der Waals surface area contributed by atoms with E-state index in [-0.39, 0.29) is 15.0 Å². The zero-order valence-corrected chi connectivity index (χ0v) is 22.8. The summed E-state index contributed by atoms with van der Waals surface area (Å²) in [6, 6.07) is 29.0. The molecule has 2 aromatic heterocycles. The van der Waals surface area contributed by atoms with Crippen LogP contribution < -0.4 is 18.7 Å². The third-order valence-electron chi connectivity index (χ3n) is 6.22. The predicted molar refractivity (Wildman–Crippen MR) is 153 cm³/mol. The second kappa shape index (κ2) is 9.43. The molecule has 6 rings (SSSR count). The van der Waals surface area contributed by atoms with Gasteiger partial charge in [-0.1, -0.05) is 0 Å². The Morgan fingerprint density at radius 3 is 1.32 bits per heavy atom. The zero-order valence-electron chi connectivity index (χ0n) is 21.1. The van der Waals surface area contributed by atoms with Crippen LogP contribution >= 0.6 is 0 Å². The van der Waals surface area contributed by atoms with Crippen molar-refractivity contribution in [3.8, 4) is 22.9 Å². The number of aromatic nitrogens is 2. The molecule has 0 aliphatic rings. The van der Waals surface area contributed by atoms with Crippen LogP contribution in [0, 0.1) is 0 Å². The van der Waals surface area contributed by atoms with Crippen molar-refractivity contribution in [1.82, 2.24) is 9.97 Å². The van der Waals surface area contributed by atoms with Gasteiger partial charge in [-0.2, -0.15) is 0 Å². The SMILES string of the molecule is CN(C)c1ccc(-c2nc3ccc([Se]c4ccc5nc(-c6ccc(N(C)C)cc6)oc5c4)cc3o2)cc1. The molecule has 0 fully saturated rings. The summed E-state index contributed by atoms with van der Waals surface area (Å²) < 4.78 is 14.7. The summed E-state index contributed by atoms with van der Waals surface area (Å²) in [6.45, 7) is 0. The van der Waals surface area contributed by atoms with E-state index in [4.69, 9.17) is 18.8 Å². The van der Waals surface area contributed by atoms with Crippen LogP contribution in [0.4, 0.5) is 11.4 Å². The summed E-state index contributed by atoms with van der Waals surface area (Å²) in [7, 11) is 8.11. The number of hydrogen-bond acceptors (Lipinski definition) is 6. The molecule has 0 saturated carbocycles. The van der Waals surface area contributed by atoms with Crippen molar-refractivity contribution in [3.63, 3.8) is 0 Å². The molecule has 0 amide bonds. The molecule has 7 heteroatoms. The molecule has 6 aromatic rings. The van der Waals surface area contributed by atoms with E-state index in [9.17, 15) is 0 Å². The zero-order chi connectivity index (χ0) is 25.5. The Morgan fingerprint density at radius 2 is 0.946 bits per heavy atom. The van der Waals surface area contributed by atoms with Crippen LogP contribution in [0.15, 0.2) is 93.8 Å². The minimum absolute atomic E-state index is 0.0863. The van der Waals surface area contributed by atoms with Gasteiger partial charge in [-0.05, 0) is 0 Å². The van der Waals surface area contributed by atoms with E-state index in [1.807, 2.05) is 64.6 Å². The first kappa shape index (κ1) is 23.3. The van der Waals surface area contributed by atoms with E-state index in [0.29, 0.717) is 11.8 Å². The van der Waals surface area contributed by atoms with Gasteiger partial charge in [-0.3, -0.25) is 0 Å². The second-order valence-corrected chi connectivity index (χ2v) is 11.7. The molecule has 2 heterocycles. The predicted octanol–water partition coefficient (Wildman–Crippen LogP) is 5.09. The van der Waals surface area contributed by atoms with Crippen molar-refractivity contribution in [2.24, 2.45) is 0 Å². The van der Waals surface area contributed by atoms with Crippen LogP contribution in [0.25, 0.3) is 45.1 Å². The molecule has 6 nitrogen and oxygen atoms in total. The van der Waals surface area contributed by atoms with Gasteiger partial charge >= 0.3 is 222 Å². The summed E-state index contributed by atoms with van der Waals surface area (Å²) in [6.07, 6.45) is 0. The first-order chi connectivity index (χ1) is 17.9. The van der Waals surface area contributed by atoms with E-state index in [0.717, 1.165) is 44.7 Å². The molecule has 0 aliphatic heterocycles. The molecule has 0 N–H and O–H groups in total. The number of benzene rings is 4. The molecule has 0 unspecified atom stereocenters. The average Bonchev–Trinajstić information content (AvgIpc) is 3.52. The molecular formula is C30H26N4O2Se. The van der Waals surface area contributed by atoms with Gasteiger partial charge in [-0.15, -0.1) is 0 Å². The van der Waals surface area contributed by atoms with Gasteiger partial charge in [0.25, 0.3) is 0 Å². The monoisotopic (exact) mass is 554 g/mol. The number of anilines is 2. The van der Waals surface area contributed by atoms with E-state index in [1.54, 1.807) is 0 Å².